The van der Waals surface area contributed by atoms with Crippen molar-refractivity contribution in [2.75, 3.05) is 18.0 Å². The summed E-state index contributed by atoms with van der Waals surface area (Å²) in [5.41, 5.74) is -0.0470. The van der Waals surface area contributed by atoms with Crippen LogP contribution in [0.5, 0.6) is 0 Å². The Morgan fingerprint density at radius 3 is 1.52 bits per heavy atom. The van der Waals surface area contributed by atoms with Gasteiger partial charge >= 0.3 is 0 Å². The molecule has 0 amide bonds. The van der Waals surface area contributed by atoms with Gasteiger partial charge in [-0.25, -0.2) is 0 Å². The lowest BCUT2D eigenvalue weighted by molar-refractivity contribution is -0.392. The van der Waals surface area contributed by atoms with Gasteiger partial charge in [0.25, 0.3) is 11.4 Å². The molecule has 0 heterocycles. The summed E-state index contributed by atoms with van der Waals surface area (Å²) in [6.07, 6.45) is 1.63. The average molecular weight is 380 g/mol. The molecule has 0 saturated carbocycles. The zero-order chi connectivity index (χ0) is 20.9. The van der Waals surface area contributed by atoms with Gasteiger partial charge in [-0.2, -0.15) is 0 Å². The molecule has 0 atom stereocenters. The molecule has 152 valence electrons. The van der Waals surface area contributed by atoms with Crippen LogP contribution < -0.4 is 4.90 Å². The van der Waals surface area contributed by atoms with Crippen molar-refractivity contribution in [3.05, 3.63) is 37.9 Å². The molecule has 0 unspecified atom stereocenters. The number of nitro groups is 2. The summed E-state index contributed by atoms with van der Waals surface area (Å²) in [6.45, 7) is 15.1. The number of anilines is 1. The van der Waals surface area contributed by atoms with Crippen LogP contribution in [0, 0.1) is 32.1 Å². The van der Waals surface area contributed by atoms with Crippen LogP contribution in [0.4, 0.5) is 17.1 Å². The molecule has 0 bridgehead atoms. The Morgan fingerprint density at radius 2 is 1.26 bits per heavy atom. The highest BCUT2D eigenvalue weighted by Gasteiger charge is 2.33. The number of nitro benzene ring substituents is 2. The van der Waals surface area contributed by atoms with Crippen LogP contribution in [0.3, 0.4) is 0 Å². The molecule has 0 fully saturated rings. The predicted molar refractivity (Wildman–Crippen MR) is 110 cm³/mol. The second kappa shape index (κ2) is 9.15. The summed E-state index contributed by atoms with van der Waals surface area (Å²) in [5.74, 6) is 0.803. The first-order valence-corrected chi connectivity index (χ1v) is 9.56. The van der Waals surface area contributed by atoms with E-state index in [4.69, 9.17) is 0 Å². The number of rotatable bonds is 9. The third kappa shape index (κ3) is 6.48. The molecule has 1 aromatic carbocycles. The van der Waals surface area contributed by atoms with Crippen LogP contribution in [0.2, 0.25) is 0 Å². The lowest BCUT2D eigenvalue weighted by Crippen LogP contribution is -2.29. The monoisotopic (exact) mass is 379 g/mol. The first-order chi connectivity index (χ1) is 12.3. The maximum atomic E-state index is 11.8. The van der Waals surface area contributed by atoms with E-state index in [9.17, 15) is 20.2 Å². The van der Waals surface area contributed by atoms with Gasteiger partial charge in [0, 0.05) is 25.2 Å². The highest BCUT2D eigenvalue weighted by Crippen LogP contribution is 2.42. The zero-order valence-electron chi connectivity index (χ0n) is 17.6. The molecule has 7 heteroatoms. The molecule has 0 aliphatic rings. The topological polar surface area (TPSA) is 89.5 Å². The van der Waals surface area contributed by atoms with E-state index in [2.05, 4.69) is 27.7 Å². The van der Waals surface area contributed by atoms with Crippen molar-refractivity contribution in [1.82, 2.24) is 0 Å². The van der Waals surface area contributed by atoms with Crippen LogP contribution in [0.1, 0.15) is 66.9 Å². The molecular formula is C20H33N3O4. The van der Waals surface area contributed by atoms with Crippen molar-refractivity contribution >= 4 is 17.1 Å². The maximum Gasteiger partial charge on any atom is 0.299 e. The van der Waals surface area contributed by atoms with Crippen LogP contribution in [-0.2, 0) is 5.41 Å². The summed E-state index contributed by atoms with van der Waals surface area (Å²) < 4.78 is 0. The van der Waals surface area contributed by atoms with Crippen molar-refractivity contribution in [3.63, 3.8) is 0 Å². The number of hydrogen-bond donors (Lipinski definition) is 0. The quantitative estimate of drug-likeness (QED) is 0.405. The third-order valence-corrected chi connectivity index (χ3v) is 4.60. The fraction of sp³-hybridized carbons (Fsp3) is 0.700. The van der Waals surface area contributed by atoms with Gasteiger partial charge < -0.3 is 4.90 Å². The second-order valence-corrected chi connectivity index (χ2v) is 8.98. The second-order valence-electron chi connectivity index (χ2n) is 8.98. The van der Waals surface area contributed by atoms with E-state index < -0.39 is 15.3 Å². The molecule has 7 nitrogen and oxygen atoms in total. The number of hydrogen-bond acceptors (Lipinski definition) is 5. The highest BCUT2D eigenvalue weighted by atomic mass is 16.6. The maximum absolute atomic E-state index is 11.8. The summed E-state index contributed by atoms with van der Waals surface area (Å²) in [4.78, 5) is 24.5. The molecule has 0 aromatic heterocycles. The molecule has 0 radical (unpaired) electrons. The van der Waals surface area contributed by atoms with Crippen LogP contribution >= 0.6 is 0 Å². The zero-order valence-corrected chi connectivity index (χ0v) is 17.6. The van der Waals surface area contributed by atoms with Gasteiger partial charge in [0.2, 0.25) is 0 Å². The third-order valence-electron chi connectivity index (χ3n) is 4.60. The van der Waals surface area contributed by atoms with Gasteiger partial charge in [0.1, 0.15) is 0 Å². The van der Waals surface area contributed by atoms with Gasteiger partial charge in [-0.05, 0) is 35.7 Å². The van der Waals surface area contributed by atoms with Crippen molar-refractivity contribution in [2.45, 2.75) is 66.7 Å². The minimum Gasteiger partial charge on any atom is -0.360 e. The van der Waals surface area contributed by atoms with Crippen molar-refractivity contribution < 1.29 is 9.85 Å². The fourth-order valence-corrected chi connectivity index (χ4v) is 2.80. The van der Waals surface area contributed by atoms with Crippen LogP contribution in [0.25, 0.3) is 0 Å². The minimum absolute atomic E-state index is 0.138. The molecule has 0 aliphatic carbocycles. The Balaban J connectivity index is 3.61. The standard InChI is InChI=1S/C20H33N3O4/c1-14(2)8-10-21(11-9-15(3)4)19-17(22(24)25)12-16(20(5,6)7)13-18(19)23(26)27/h12-15H,8-11H2,1-7H3. The Hall–Kier alpha value is -2.18. The average Bonchev–Trinajstić information content (AvgIpc) is 2.52. The van der Waals surface area contributed by atoms with E-state index >= 15 is 0 Å². The van der Waals surface area contributed by atoms with E-state index in [1.165, 1.54) is 12.1 Å². The fourth-order valence-electron chi connectivity index (χ4n) is 2.80. The van der Waals surface area contributed by atoms with Crippen molar-refractivity contribution in [3.8, 4) is 0 Å². The number of benzene rings is 1. The summed E-state index contributed by atoms with van der Waals surface area (Å²) >= 11 is 0. The molecule has 1 aromatic rings. The van der Waals surface area contributed by atoms with E-state index in [-0.39, 0.29) is 17.1 Å². The molecule has 0 aliphatic heterocycles. The van der Waals surface area contributed by atoms with Gasteiger partial charge in [0.15, 0.2) is 5.69 Å². The van der Waals surface area contributed by atoms with E-state index in [0.717, 1.165) is 12.8 Å². The summed E-state index contributed by atoms with van der Waals surface area (Å²) in [5, 5.41) is 23.6. The van der Waals surface area contributed by atoms with Gasteiger partial charge in [-0.15, -0.1) is 0 Å². The molecule has 0 N–H and O–H groups in total. The lowest BCUT2D eigenvalue weighted by atomic mass is 9.86. The Morgan fingerprint density at radius 1 is 0.889 bits per heavy atom. The van der Waals surface area contributed by atoms with E-state index in [1.807, 2.05) is 25.7 Å². The lowest BCUT2D eigenvalue weighted by Gasteiger charge is -2.27. The smallest absolute Gasteiger partial charge is 0.299 e. The van der Waals surface area contributed by atoms with Crippen molar-refractivity contribution in [2.24, 2.45) is 11.8 Å². The Bertz CT molecular complexity index is 631. The largest absolute Gasteiger partial charge is 0.360 e. The van der Waals surface area contributed by atoms with Crippen LogP contribution in [-0.4, -0.2) is 22.9 Å². The SMILES string of the molecule is CC(C)CCN(CCC(C)C)c1c([N+](=O)[O-])cc(C(C)(C)C)cc1[N+](=O)[O-]. The first kappa shape index (κ1) is 22.9. The van der Waals surface area contributed by atoms with Gasteiger partial charge in [0.05, 0.1) is 9.85 Å². The summed E-state index contributed by atoms with van der Waals surface area (Å²) in [6, 6.07) is 3.00. The first-order valence-electron chi connectivity index (χ1n) is 9.56. The van der Waals surface area contributed by atoms with Gasteiger partial charge in [-0.3, -0.25) is 20.2 Å². The molecule has 0 saturated heterocycles. The molecule has 0 spiro atoms. The Kier molecular flexibility index (Phi) is 7.75. The number of nitrogens with zero attached hydrogens (tertiary/aromatic N) is 3. The summed E-state index contributed by atoms with van der Waals surface area (Å²) in [7, 11) is 0. The normalized spacial score (nSPS) is 11.9. The molecule has 1 rings (SSSR count). The van der Waals surface area contributed by atoms with Gasteiger partial charge in [-0.1, -0.05) is 48.5 Å². The Labute approximate surface area is 162 Å². The molecular weight excluding hydrogens is 346 g/mol. The van der Waals surface area contributed by atoms with Crippen molar-refractivity contribution in [1.29, 1.82) is 0 Å². The minimum atomic E-state index is -0.491. The highest BCUT2D eigenvalue weighted by molar-refractivity contribution is 5.76. The van der Waals surface area contributed by atoms with E-state index in [1.54, 1.807) is 0 Å². The predicted octanol–water partition coefficient (Wildman–Crippen LogP) is 5.70. The van der Waals surface area contributed by atoms with E-state index in [0.29, 0.717) is 30.5 Å². The molecule has 27 heavy (non-hydrogen) atoms. The van der Waals surface area contributed by atoms with Crippen LogP contribution in [0.15, 0.2) is 12.1 Å².